The fourth-order valence-corrected chi connectivity index (χ4v) is 3.55. The molecule has 1 aromatic carbocycles. The van der Waals surface area contributed by atoms with Crippen molar-refractivity contribution in [3.05, 3.63) is 48.3 Å². The Kier molecular flexibility index (Phi) is 4.77. The van der Waals surface area contributed by atoms with Gasteiger partial charge in [-0.2, -0.15) is 0 Å². The van der Waals surface area contributed by atoms with Gasteiger partial charge in [-0.05, 0) is 12.5 Å². The van der Waals surface area contributed by atoms with Gasteiger partial charge in [-0.1, -0.05) is 18.2 Å². The van der Waals surface area contributed by atoms with E-state index in [-0.39, 0.29) is 18.5 Å². The summed E-state index contributed by atoms with van der Waals surface area (Å²) in [5.74, 6) is 0.633. The van der Waals surface area contributed by atoms with Gasteiger partial charge >= 0.3 is 0 Å². The number of imidazole rings is 1. The Morgan fingerprint density at radius 1 is 1.19 bits per heavy atom. The second kappa shape index (κ2) is 7.35. The van der Waals surface area contributed by atoms with Crippen LogP contribution in [0.3, 0.4) is 0 Å². The molecule has 0 bridgehead atoms. The molecule has 26 heavy (non-hydrogen) atoms. The third-order valence-electron chi connectivity index (χ3n) is 4.90. The molecule has 7 nitrogen and oxygen atoms in total. The fourth-order valence-electron chi connectivity index (χ4n) is 3.55. The van der Waals surface area contributed by atoms with Gasteiger partial charge in [0.15, 0.2) is 11.5 Å². The second-order valence-electron chi connectivity index (χ2n) is 6.47. The van der Waals surface area contributed by atoms with E-state index in [0.29, 0.717) is 30.7 Å². The van der Waals surface area contributed by atoms with E-state index in [1.54, 1.807) is 12.4 Å². The van der Waals surface area contributed by atoms with Gasteiger partial charge < -0.3 is 15.0 Å². The Hall–Kier alpha value is -2.58. The maximum atomic E-state index is 14.0. The van der Waals surface area contributed by atoms with Crippen molar-refractivity contribution >= 4 is 17.0 Å². The van der Waals surface area contributed by atoms with Crippen molar-refractivity contribution in [3.8, 4) is 0 Å². The van der Waals surface area contributed by atoms with E-state index in [1.807, 2.05) is 12.1 Å². The smallest absolute Gasteiger partial charge is 0.182 e. The van der Waals surface area contributed by atoms with E-state index >= 15 is 0 Å². The van der Waals surface area contributed by atoms with E-state index in [1.165, 1.54) is 12.4 Å². The normalized spacial score (nSPS) is 18.5. The number of hydrogen-bond acceptors (Lipinski definition) is 6. The van der Waals surface area contributed by atoms with Crippen LogP contribution < -0.4 is 4.90 Å². The van der Waals surface area contributed by atoms with Gasteiger partial charge in [0.1, 0.15) is 17.7 Å². The zero-order valence-electron chi connectivity index (χ0n) is 14.3. The van der Waals surface area contributed by atoms with E-state index < -0.39 is 0 Å². The number of aliphatic hydroxyl groups excluding tert-OH is 1. The maximum absolute atomic E-state index is 14.0. The fraction of sp³-hybridized carbons (Fsp3) is 0.389. The number of aromatic nitrogens is 4. The molecule has 0 amide bonds. The molecule has 0 aliphatic carbocycles. The summed E-state index contributed by atoms with van der Waals surface area (Å²) in [4.78, 5) is 20.3. The lowest BCUT2D eigenvalue weighted by Gasteiger charge is -2.42. The number of aromatic amines is 1. The summed E-state index contributed by atoms with van der Waals surface area (Å²) in [6, 6.07) is 6.97. The number of benzene rings is 1. The summed E-state index contributed by atoms with van der Waals surface area (Å²) < 4.78 is 14.0. The van der Waals surface area contributed by atoms with E-state index in [0.717, 1.165) is 24.4 Å². The summed E-state index contributed by atoms with van der Waals surface area (Å²) in [7, 11) is 0. The Morgan fingerprint density at radius 3 is 2.92 bits per heavy atom. The van der Waals surface area contributed by atoms with Crippen molar-refractivity contribution < 1.29 is 9.50 Å². The van der Waals surface area contributed by atoms with Crippen LogP contribution in [-0.2, 0) is 6.54 Å². The molecule has 3 aromatic rings. The predicted molar refractivity (Wildman–Crippen MR) is 96.2 cm³/mol. The van der Waals surface area contributed by atoms with Crippen LogP contribution in [-0.4, -0.2) is 62.2 Å². The highest BCUT2D eigenvalue weighted by molar-refractivity contribution is 5.82. The third-order valence-corrected chi connectivity index (χ3v) is 4.90. The lowest BCUT2D eigenvalue weighted by molar-refractivity contribution is 0.134. The topological polar surface area (TPSA) is 81.2 Å². The van der Waals surface area contributed by atoms with Crippen LogP contribution in [0.2, 0.25) is 0 Å². The minimum atomic E-state index is -0.187. The van der Waals surface area contributed by atoms with Gasteiger partial charge in [0.05, 0.1) is 6.33 Å². The van der Waals surface area contributed by atoms with Crippen LogP contribution in [0.4, 0.5) is 10.2 Å². The standard InChI is InChI=1S/C18H21FN6O/c19-15-4-2-1-3-13(15)9-24-6-7-25(10-14(24)5-8-26)18-16-17(21-11-20-16)22-12-23-18/h1-4,11-12,14,26H,5-10H2,(H,20,21,22,23)/t14-/m0/s1. The number of nitrogens with zero attached hydrogens (tertiary/aromatic N) is 5. The Labute approximate surface area is 150 Å². The van der Waals surface area contributed by atoms with Gasteiger partial charge in [-0.15, -0.1) is 0 Å². The Morgan fingerprint density at radius 2 is 2.08 bits per heavy atom. The molecule has 3 heterocycles. The van der Waals surface area contributed by atoms with Crippen molar-refractivity contribution in [2.45, 2.75) is 19.0 Å². The molecular weight excluding hydrogens is 335 g/mol. The molecule has 0 unspecified atom stereocenters. The number of hydrogen-bond donors (Lipinski definition) is 2. The highest BCUT2D eigenvalue weighted by atomic mass is 19.1. The molecule has 2 aromatic heterocycles. The molecule has 0 saturated carbocycles. The van der Waals surface area contributed by atoms with Crippen LogP contribution >= 0.6 is 0 Å². The summed E-state index contributed by atoms with van der Waals surface area (Å²) in [6.07, 6.45) is 3.76. The van der Waals surface area contributed by atoms with Crippen molar-refractivity contribution in [3.63, 3.8) is 0 Å². The predicted octanol–water partition coefficient (Wildman–Crippen LogP) is 1.57. The van der Waals surface area contributed by atoms with Gasteiger partial charge in [0.2, 0.25) is 0 Å². The molecule has 0 spiro atoms. The quantitative estimate of drug-likeness (QED) is 0.722. The van der Waals surface area contributed by atoms with Gasteiger partial charge in [-0.25, -0.2) is 19.3 Å². The first-order valence-corrected chi connectivity index (χ1v) is 8.73. The first-order chi connectivity index (χ1) is 12.8. The van der Waals surface area contributed by atoms with Crippen LogP contribution in [0, 0.1) is 5.82 Å². The molecule has 136 valence electrons. The monoisotopic (exact) mass is 356 g/mol. The summed E-state index contributed by atoms with van der Waals surface area (Å²) in [5.41, 5.74) is 2.14. The largest absolute Gasteiger partial charge is 0.396 e. The van der Waals surface area contributed by atoms with Gasteiger partial charge in [0, 0.05) is 44.4 Å². The van der Waals surface area contributed by atoms with Crippen molar-refractivity contribution in [2.75, 3.05) is 31.1 Å². The minimum Gasteiger partial charge on any atom is -0.396 e. The lowest BCUT2D eigenvalue weighted by atomic mass is 10.1. The first-order valence-electron chi connectivity index (χ1n) is 8.73. The number of nitrogens with one attached hydrogen (secondary N) is 1. The summed E-state index contributed by atoms with van der Waals surface area (Å²) in [6.45, 7) is 2.87. The SMILES string of the molecule is OCC[C@H]1CN(c2ncnc3nc[nH]c23)CCN1Cc1ccccc1F. The molecular formula is C18H21FN6O. The number of H-pyrrole nitrogens is 1. The average molecular weight is 356 g/mol. The zero-order chi connectivity index (χ0) is 17.9. The molecule has 1 aliphatic rings. The molecule has 0 radical (unpaired) electrons. The molecule has 8 heteroatoms. The Bertz CT molecular complexity index is 885. The number of rotatable bonds is 5. The number of fused-ring (bicyclic) bond motifs is 1. The average Bonchev–Trinajstić information content (AvgIpc) is 3.14. The maximum Gasteiger partial charge on any atom is 0.182 e. The van der Waals surface area contributed by atoms with Crippen LogP contribution in [0.5, 0.6) is 0 Å². The molecule has 1 fully saturated rings. The summed E-state index contributed by atoms with van der Waals surface area (Å²) >= 11 is 0. The molecule has 4 rings (SSSR count). The van der Waals surface area contributed by atoms with Gasteiger partial charge in [0.25, 0.3) is 0 Å². The number of anilines is 1. The van der Waals surface area contributed by atoms with Gasteiger partial charge in [-0.3, -0.25) is 4.90 Å². The molecule has 2 N–H and O–H groups in total. The van der Waals surface area contributed by atoms with Crippen molar-refractivity contribution in [1.29, 1.82) is 0 Å². The highest BCUT2D eigenvalue weighted by Crippen LogP contribution is 2.25. The molecule has 1 saturated heterocycles. The third kappa shape index (κ3) is 3.25. The second-order valence-corrected chi connectivity index (χ2v) is 6.47. The van der Waals surface area contributed by atoms with Crippen molar-refractivity contribution in [1.82, 2.24) is 24.8 Å². The Balaban J connectivity index is 1.55. The van der Waals surface area contributed by atoms with E-state index in [9.17, 15) is 9.50 Å². The summed E-state index contributed by atoms with van der Waals surface area (Å²) in [5, 5.41) is 9.49. The number of piperazine rings is 1. The van der Waals surface area contributed by atoms with E-state index in [2.05, 4.69) is 29.7 Å². The van der Waals surface area contributed by atoms with Crippen LogP contribution in [0.15, 0.2) is 36.9 Å². The first kappa shape index (κ1) is 16.9. The lowest BCUT2D eigenvalue weighted by Crippen LogP contribution is -2.53. The zero-order valence-corrected chi connectivity index (χ0v) is 14.3. The highest BCUT2D eigenvalue weighted by Gasteiger charge is 2.29. The molecule has 1 atom stereocenters. The van der Waals surface area contributed by atoms with Crippen LogP contribution in [0.1, 0.15) is 12.0 Å². The number of halogens is 1. The van der Waals surface area contributed by atoms with E-state index in [4.69, 9.17) is 0 Å². The number of aliphatic hydroxyl groups is 1. The minimum absolute atomic E-state index is 0.0928. The van der Waals surface area contributed by atoms with Crippen molar-refractivity contribution in [2.24, 2.45) is 0 Å². The molecule has 1 aliphatic heterocycles. The van der Waals surface area contributed by atoms with Crippen LogP contribution in [0.25, 0.3) is 11.2 Å².